The average molecular weight is 269 g/mol. The zero-order valence-electron chi connectivity index (χ0n) is 11.5. The molecule has 0 bridgehead atoms. The Balaban J connectivity index is 1.74. The van der Waals surface area contributed by atoms with Crippen LogP contribution in [0.15, 0.2) is 48.8 Å². The molecule has 1 aromatic heterocycles. The minimum atomic E-state index is 0.0598. The number of hydrogen-bond donors (Lipinski definition) is 1. The van der Waals surface area contributed by atoms with Crippen LogP contribution in [0, 0.1) is 0 Å². The molecule has 1 N–H and O–H groups in total. The number of nitrogens with zero attached hydrogens (tertiary/aromatic N) is 1. The fourth-order valence-electron chi connectivity index (χ4n) is 2.05. The molecule has 20 heavy (non-hydrogen) atoms. The number of aromatic nitrogens is 1. The molecule has 0 unspecified atom stereocenters. The van der Waals surface area contributed by atoms with E-state index in [0.717, 1.165) is 29.5 Å². The molecule has 0 aliphatic rings. The van der Waals surface area contributed by atoms with Gasteiger partial charge in [0.05, 0.1) is 6.61 Å². The SMILES string of the molecule is O=C(CCc1ccc(CO)cc1)CCc1cccnc1. The van der Waals surface area contributed by atoms with Crippen LogP contribution in [0.5, 0.6) is 0 Å². The molecule has 2 aromatic rings. The number of carbonyl (C=O) groups is 1. The number of carbonyl (C=O) groups excluding carboxylic acids is 1. The van der Waals surface area contributed by atoms with Gasteiger partial charge in [-0.25, -0.2) is 0 Å². The zero-order valence-corrected chi connectivity index (χ0v) is 11.5. The van der Waals surface area contributed by atoms with Gasteiger partial charge in [-0.05, 0) is 35.6 Å². The van der Waals surface area contributed by atoms with Gasteiger partial charge in [-0.15, -0.1) is 0 Å². The van der Waals surface area contributed by atoms with Crippen molar-refractivity contribution >= 4 is 5.78 Å². The molecule has 104 valence electrons. The Morgan fingerprint density at radius 2 is 1.60 bits per heavy atom. The minimum absolute atomic E-state index is 0.0598. The Bertz CT molecular complexity index is 535. The maximum Gasteiger partial charge on any atom is 0.133 e. The summed E-state index contributed by atoms with van der Waals surface area (Å²) in [6.45, 7) is 0.0598. The number of pyridine rings is 1. The molecule has 1 heterocycles. The number of aliphatic hydroxyl groups is 1. The predicted octanol–water partition coefficient (Wildman–Crippen LogP) is 2.71. The largest absolute Gasteiger partial charge is 0.392 e. The quantitative estimate of drug-likeness (QED) is 0.840. The summed E-state index contributed by atoms with van der Waals surface area (Å²) < 4.78 is 0. The highest BCUT2D eigenvalue weighted by Gasteiger charge is 2.04. The van der Waals surface area contributed by atoms with Crippen molar-refractivity contribution in [2.75, 3.05) is 0 Å². The van der Waals surface area contributed by atoms with Crippen molar-refractivity contribution in [1.29, 1.82) is 0 Å². The number of aryl methyl sites for hydroxylation is 2. The predicted molar refractivity (Wildman–Crippen MR) is 78.3 cm³/mol. The minimum Gasteiger partial charge on any atom is -0.392 e. The van der Waals surface area contributed by atoms with Crippen LogP contribution in [-0.2, 0) is 24.2 Å². The van der Waals surface area contributed by atoms with Crippen molar-refractivity contribution in [3.63, 3.8) is 0 Å². The summed E-state index contributed by atoms with van der Waals surface area (Å²) in [6.07, 6.45) is 6.20. The molecule has 0 amide bonds. The standard InChI is InChI=1S/C17H19NO2/c19-13-16-5-3-14(4-6-16)7-9-17(20)10-8-15-2-1-11-18-12-15/h1-6,11-12,19H,7-10,13H2. The van der Waals surface area contributed by atoms with Crippen LogP contribution in [0.3, 0.4) is 0 Å². The summed E-state index contributed by atoms with van der Waals surface area (Å²) in [6, 6.07) is 11.6. The molecule has 1 aromatic carbocycles. The van der Waals surface area contributed by atoms with Gasteiger partial charge in [0.1, 0.15) is 5.78 Å². The fourth-order valence-corrected chi connectivity index (χ4v) is 2.05. The highest BCUT2D eigenvalue weighted by molar-refractivity contribution is 5.78. The van der Waals surface area contributed by atoms with Gasteiger partial charge >= 0.3 is 0 Å². The number of Topliss-reactive ketones (excluding diaryl/α,β-unsaturated/α-hetero) is 1. The lowest BCUT2D eigenvalue weighted by molar-refractivity contribution is -0.119. The third-order valence-corrected chi connectivity index (χ3v) is 3.31. The third kappa shape index (κ3) is 4.59. The second-order valence-electron chi connectivity index (χ2n) is 4.87. The number of benzene rings is 1. The Labute approximate surface area is 119 Å². The first-order chi connectivity index (χ1) is 9.78. The fraction of sp³-hybridized carbons (Fsp3) is 0.294. The Morgan fingerprint density at radius 3 is 2.20 bits per heavy atom. The lowest BCUT2D eigenvalue weighted by Gasteiger charge is -2.03. The molecule has 3 nitrogen and oxygen atoms in total. The molecular weight excluding hydrogens is 250 g/mol. The van der Waals surface area contributed by atoms with Gasteiger partial charge in [-0.2, -0.15) is 0 Å². The molecule has 0 radical (unpaired) electrons. The van der Waals surface area contributed by atoms with E-state index >= 15 is 0 Å². The van der Waals surface area contributed by atoms with Crippen LogP contribution in [0.1, 0.15) is 29.5 Å². The smallest absolute Gasteiger partial charge is 0.133 e. The van der Waals surface area contributed by atoms with E-state index in [-0.39, 0.29) is 12.4 Å². The van der Waals surface area contributed by atoms with Crippen LogP contribution in [0.4, 0.5) is 0 Å². The molecule has 3 heteroatoms. The first kappa shape index (κ1) is 14.4. The normalized spacial score (nSPS) is 10.4. The van der Waals surface area contributed by atoms with Crippen LogP contribution < -0.4 is 0 Å². The van der Waals surface area contributed by atoms with E-state index in [1.54, 1.807) is 12.4 Å². The van der Waals surface area contributed by atoms with Gasteiger partial charge in [0.15, 0.2) is 0 Å². The molecular formula is C17H19NO2. The first-order valence-electron chi connectivity index (χ1n) is 6.87. The summed E-state index contributed by atoms with van der Waals surface area (Å²) in [5, 5.41) is 8.97. The van der Waals surface area contributed by atoms with Crippen LogP contribution >= 0.6 is 0 Å². The highest BCUT2D eigenvalue weighted by Crippen LogP contribution is 2.09. The number of ketones is 1. The van der Waals surface area contributed by atoms with E-state index in [2.05, 4.69) is 4.98 Å². The Kier molecular flexibility index (Phi) is 5.44. The van der Waals surface area contributed by atoms with Crippen LogP contribution in [0.2, 0.25) is 0 Å². The van der Waals surface area contributed by atoms with Gasteiger partial charge in [0.2, 0.25) is 0 Å². The maximum atomic E-state index is 11.9. The summed E-state index contributed by atoms with van der Waals surface area (Å²) in [7, 11) is 0. The molecule has 0 aliphatic heterocycles. The molecule has 0 saturated heterocycles. The van der Waals surface area contributed by atoms with E-state index in [1.165, 1.54) is 0 Å². The zero-order chi connectivity index (χ0) is 14.2. The van der Waals surface area contributed by atoms with Gasteiger partial charge in [0, 0.05) is 25.2 Å². The van der Waals surface area contributed by atoms with E-state index in [1.807, 2.05) is 36.4 Å². The van der Waals surface area contributed by atoms with Gasteiger partial charge in [-0.1, -0.05) is 30.3 Å². The van der Waals surface area contributed by atoms with E-state index < -0.39 is 0 Å². The molecule has 0 aliphatic carbocycles. The van der Waals surface area contributed by atoms with Crippen molar-refractivity contribution in [2.24, 2.45) is 0 Å². The topological polar surface area (TPSA) is 50.2 Å². The van der Waals surface area contributed by atoms with Crippen molar-refractivity contribution < 1.29 is 9.90 Å². The maximum absolute atomic E-state index is 11.9. The first-order valence-corrected chi connectivity index (χ1v) is 6.87. The van der Waals surface area contributed by atoms with Crippen molar-refractivity contribution in [2.45, 2.75) is 32.3 Å². The second-order valence-corrected chi connectivity index (χ2v) is 4.87. The lowest BCUT2D eigenvalue weighted by Crippen LogP contribution is -2.02. The highest BCUT2D eigenvalue weighted by atomic mass is 16.3. The molecule has 0 atom stereocenters. The molecule has 0 saturated carbocycles. The monoisotopic (exact) mass is 269 g/mol. The molecule has 2 rings (SSSR count). The second kappa shape index (κ2) is 7.56. The number of aliphatic hydroxyl groups excluding tert-OH is 1. The van der Waals surface area contributed by atoms with Crippen LogP contribution in [0.25, 0.3) is 0 Å². The summed E-state index contributed by atoms with van der Waals surface area (Å²) in [5.41, 5.74) is 3.14. The molecule has 0 fully saturated rings. The number of rotatable bonds is 7. The third-order valence-electron chi connectivity index (χ3n) is 3.31. The van der Waals surface area contributed by atoms with Crippen molar-refractivity contribution in [1.82, 2.24) is 4.98 Å². The van der Waals surface area contributed by atoms with Gasteiger partial charge in [-0.3, -0.25) is 9.78 Å². The van der Waals surface area contributed by atoms with Crippen molar-refractivity contribution in [3.05, 3.63) is 65.5 Å². The van der Waals surface area contributed by atoms with Crippen molar-refractivity contribution in [3.8, 4) is 0 Å². The van der Waals surface area contributed by atoms with E-state index in [9.17, 15) is 4.79 Å². The Morgan fingerprint density at radius 1 is 0.950 bits per heavy atom. The van der Waals surface area contributed by atoms with Gasteiger partial charge < -0.3 is 5.11 Å². The van der Waals surface area contributed by atoms with E-state index in [4.69, 9.17) is 5.11 Å². The summed E-state index contributed by atoms with van der Waals surface area (Å²) in [4.78, 5) is 15.9. The summed E-state index contributed by atoms with van der Waals surface area (Å²) in [5.74, 6) is 0.278. The van der Waals surface area contributed by atoms with Crippen LogP contribution in [-0.4, -0.2) is 15.9 Å². The Hall–Kier alpha value is -2.00. The lowest BCUT2D eigenvalue weighted by atomic mass is 10.0. The van der Waals surface area contributed by atoms with E-state index in [0.29, 0.717) is 12.8 Å². The molecule has 0 spiro atoms. The van der Waals surface area contributed by atoms with Gasteiger partial charge in [0.25, 0.3) is 0 Å². The number of hydrogen-bond acceptors (Lipinski definition) is 3. The summed E-state index contributed by atoms with van der Waals surface area (Å²) >= 11 is 0. The average Bonchev–Trinajstić information content (AvgIpc) is 2.52.